The minimum atomic E-state index is 0.215. The van der Waals surface area contributed by atoms with E-state index in [1.165, 1.54) is 5.56 Å². The maximum atomic E-state index is 6.06. The highest BCUT2D eigenvalue weighted by atomic mass is 32.2. The predicted molar refractivity (Wildman–Crippen MR) is 72.9 cm³/mol. The van der Waals surface area contributed by atoms with Crippen LogP contribution >= 0.6 is 11.8 Å². The Bertz CT molecular complexity index is 295. The Hall–Kier alpha value is -0.540. The molecule has 1 aromatic heterocycles. The van der Waals surface area contributed by atoms with Gasteiger partial charge in [0.05, 0.1) is 0 Å². The van der Waals surface area contributed by atoms with Crippen molar-refractivity contribution >= 4 is 11.8 Å². The van der Waals surface area contributed by atoms with E-state index in [-0.39, 0.29) is 6.04 Å². The number of hydrogen-bond acceptors (Lipinski definition) is 3. The van der Waals surface area contributed by atoms with E-state index in [2.05, 4.69) is 37.9 Å². The Balaban J connectivity index is 2.40. The molecule has 0 aliphatic heterocycles. The summed E-state index contributed by atoms with van der Waals surface area (Å²) in [6.07, 6.45) is 3.88. The summed E-state index contributed by atoms with van der Waals surface area (Å²) in [7, 11) is 0. The van der Waals surface area contributed by atoms with Crippen molar-refractivity contribution in [3.63, 3.8) is 0 Å². The van der Waals surface area contributed by atoms with Crippen LogP contribution in [0.2, 0.25) is 0 Å². The predicted octanol–water partition coefficient (Wildman–Crippen LogP) is 2.66. The van der Waals surface area contributed by atoms with Crippen molar-refractivity contribution in [3.8, 4) is 0 Å². The van der Waals surface area contributed by atoms with Crippen molar-refractivity contribution in [1.82, 2.24) is 4.98 Å². The van der Waals surface area contributed by atoms with Crippen LogP contribution in [0.3, 0.4) is 0 Å². The Labute approximate surface area is 103 Å². The van der Waals surface area contributed by atoms with Crippen LogP contribution in [-0.2, 0) is 12.8 Å². The topological polar surface area (TPSA) is 38.9 Å². The SMILES string of the molecule is CCc1ccc(CC(N)CSC(C)C)nc1. The number of aryl methyl sites for hydroxylation is 1. The Morgan fingerprint density at radius 3 is 2.62 bits per heavy atom. The van der Waals surface area contributed by atoms with E-state index < -0.39 is 0 Å². The number of pyridine rings is 1. The minimum absolute atomic E-state index is 0.215. The van der Waals surface area contributed by atoms with Gasteiger partial charge < -0.3 is 5.73 Å². The first-order valence-electron chi connectivity index (χ1n) is 5.92. The van der Waals surface area contributed by atoms with E-state index in [0.29, 0.717) is 5.25 Å². The van der Waals surface area contributed by atoms with E-state index in [1.807, 2.05) is 18.0 Å². The fourth-order valence-corrected chi connectivity index (χ4v) is 2.18. The zero-order valence-electron chi connectivity index (χ0n) is 10.4. The van der Waals surface area contributed by atoms with Gasteiger partial charge in [-0.3, -0.25) is 4.98 Å². The highest BCUT2D eigenvalue weighted by Crippen LogP contribution is 2.12. The Kier molecular flexibility index (Phi) is 5.85. The maximum absolute atomic E-state index is 6.06. The van der Waals surface area contributed by atoms with Crippen LogP contribution in [-0.4, -0.2) is 22.0 Å². The molecule has 0 aliphatic rings. The number of thioether (sulfide) groups is 1. The second-order valence-electron chi connectivity index (χ2n) is 4.36. The molecule has 0 saturated carbocycles. The molecule has 1 heterocycles. The second-order valence-corrected chi connectivity index (χ2v) is 5.97. The molecule has 1 atom stereocenters. The Morgan fingerprint density at radius 1 is 1.38 bits per heavy atom. The van der Waals surface area contributed by atoms with Crippen molar-refractivity contribution in [2.75, 3.05) is 5.75 Å². The van der Waals surface area contributed by atoms with Crippen molar-refractivity contribution in [2.24, 2.45) is 5.73 Å². The van der Waals surface area contributed by atoms with Gasteiger partial charge in [-0.25, -0.2) is 0 Å². The van der Waals surface area contributed by atoms with Gasteiger partial charge in [-0.2, -0.15) is 11.8 Å². The minimum Gasteiger partial charge on any atom is -0.327 e. The summed E-state index contributed by atoms with van der Waals surface area (Å²) in [6.45, 7) is 6.54. The lowest BCUT2D eigenvalue weighted by atomic mass is 10.1. The van der Waals surface area contributed by atoms with Crippen molar-refractivity contribution in [1.29, 1.82) is 0 Å². The molecular weight excluding hydrogens is 216 g/mol. The van der Waals surface area contributed by atoms with Crippen LogP contribution in [0.1, 0.15) is 32.0 Å². The monoisotopic (exact) mass is 238 g/mol. The molecule has 0 aromatic carbocycles. The molecule has 90 valence electrons. The van der Waals surface area contributed by atoms with E-state index in [4.69, 9.17) is 5.73 Å². The summed E-state index contributed by atoms with van der Waals surface area (Å²) in [6, 6.07) is 4.45. The molecule has 1 aromatic rings. The van der Waals surface area contributed by atoms with E-state index in [0.717, 1.165) is 24.3 Å². The molecule has 0 bridgehead atoms. The molecule has 0 fully saturated rings. The van der Waals surface area contributed by atoms with E-state index >= 15 is 0 Å². The normalized spacial score (nSPS) is 13.1. The molecule has 3 heteroatoms. The van der Waals surface area contributed by atoms with Crippen LogP contribution in [0.15, 0.2) is 18.3 Å². The summed E-state index contributed by atoms with van der Waals surface area (Å²) in [5, 5.41) is 0.654. The van der Waals surface area contributed by atoms with Gasteiger partial charge in [0.2, 0.25) is 0 Å². The zero-order valence-corrected chi connectivity index (χ0v) is 11.3. The number of rotatable bonds is 6. The molecule has 0 amide bonds. The molecule has 0 spiro atoms. The fourth-order valence-electron chi connectivity index (χ4n) is 1.43. The third-order valence-corrected chi connectivity index (χ3v) is 3.70. The van der Waals surface area contributed by atoms with Gasteiger partial charge in [0, 0.05) is 30.1 Å². The number of hydrogen-bond donors (Lipinski definition) is 1. The molecule has 0 saturated heterocycles. The average molecular weight is 238 g/mol. The highest BCUT2D eigenvalue weighted by molar-refractivity contribution is 7.99. The summed E-state index contributed by atoms with van der Waals surface area (Å²) in [5.41, 5.74) is 8.46. The summed E-state index contributed by atoms with van der Waals surface area (Å²) < 4.78 is 0. The van der Waals surface area contributed by atoms with Gasteiger partial charge in [-0.05, 0) is 23.3 Å². The van der Waals surface area contributed by atoms with Crippen LogP contribution in [0.4, 0.5) is 0 Å². The van der Waals surface area contributed by atoms with Gasteiger partial charge >= 0.3 is 0 Å². The van der Waals surface area contributed by atoms with Gasteiger partial charge in [0.25, 0.3) is 0 Å². The molecular formula is C13H22N2S. The van der Waals surface area contributed by atoms with Crippen molar-refractivity contribution in [3.05, 3.63) is 29.6 Å². The van der Waals surface area contributed by atoms with Gasteiger partial charge in [-0.15, -0.1) is 0 Å². The lowest BCUT2D eigenvalue weighted by Gasteiger charge is -2.12. The quantitative estimate of drug-likeness (QED) is 0.828. The third kappa shape index (κ3) is 4.99. The van der Waals surface area contributed by atoms with Crippen LogP contribution < -0.4 is 5.73 Å². The summed E-state index contributed by atoms with van der Waals surface area (Å²) in [4.78, 5) is 4.43. The lowest BCUT2D eigenvalue weighted by Crippen LogP contribution is -2.26. The Morgan fingerprint density at radius 2 is 2.12 bits per heavy atom. The van der Waals surface area contributed by atoms with Crippen LogP contribution in [0, 0.1) is 0 Å². The van der Waals surface area contributed by atoms with Gasteiger partial charge in [0.15, 0.2) is 0 Å². The second kappa shape index (κ2) is 6.92. The molecule has 1 rings (SSSR count). The lowest BCUT2D eigenvalue weighted by molar-refractivity contribution is 0.729. The van der Waals surface area contributed by atoms with E-state index in [1.54, 1.807) is 0 Å². The summed E-state index contributed by atoms with van der Waals surface area (Å²) in [5.74, 6) is 1.01. The largest absolute Gasteiger partial charge is 0.327 e. The van der Waals surface area contributed by atoms with Gasteiger partial charge in [0.1, 0.15) is 0 Å². The molecule has 16 heavy (non-hydrogen) atoms. The molecule has 0 aliphatic carbocycles. The first-order valence-corrected chi connectivity index (χ1v) is 6.97. The summed E-state index contributed by atoms with van der Waals surface area (Å²) >= 11 is 1.91. The standard InChI is InChI=1S/C13H22N2S/c1-4-11-5-6-13(15-8-11)7-12(14)9-16-10(2)3/h5-6,8,10,12H,4,7,9,14H2,1-3H3. The van der Waals surface area contributed by atoms with Gasteiger partial charge in [-0.1, -0.05) is 26.8 Å². The van der Waals surface area contributed by atoms with E-state index in [9.17, 15) is 0 Å². The molecule has 0 radical (unpaired) electrons. The number of nitrogens with two attached hydrogens (primary N) is 1. The average Bonchev–Trinajstić information content (AvgIpc) is 2.27. The van der Waals surface area contributed by atoms with Crippen LogP contribution in [0.5, 0.6) is 0 Å². The fraction of sp³-hybridized carbons (Fsp3) is 0.615. The number of aromatic nitrogens is 1. The molecule has 2 N–H and O–H groups in total. The van der Waals surface area contributed by atoms with Crippen molar-refractivity contribution in [2.45, 2.75) is 44.9 Å². The smallest absolute Gasteiger partial charge is 0.0419 e. The number of nitrogens with zero attached hydrogens (tertiary/aromatic N) is 1. The maximum Gasteiger partial charge on any atom is 0.0419 e. The third-order valence-electron chi connectivity index (χ3n) is 2.41. The first kappa shape index (κ1) is 13.5. The first-order chi connectivity index (χ1) is 7.61. The highest BCUT2D eigenvalue weighted by Gasteiger charge is 2.06. The van der Waals surface area contributed by atoms with Crippen molar-refractivity contribution < 1.29 is 0 Å². The molecule has 2 nitrogen and oxygen atoms in total. The molecule has 1 unspecified atom stereocenters. The zero-order chi connectivity index (χ0) is 12.0. The van der Waals surface area contributed by atoms with Crippen LogP contribution in [0.25, 0.3) is 0 Å².